The van der Waals surface area contributed by atoms with Gasteiger partial charge in [0.1, 0.15) is 0 Å². The molecule has 1 unspecified atom stereocenters. The molecule has 1 atom stereocenters. The van der Waals surface area contributed by atoms with Crippen LogP contribution >= 0.6 is 15.9 Å². The summed E-state index contributed by atoms with van der Waals surface area (Å²) in [5, 5.41) is 4.28. The van der Waals surface area contributed by atoms with Crippen LogP contribution in [0.2, 0.25) is 0 Å². The molecule has 0 aromatic carbocycles. The summed E-state index contributed by atoms with van der Waals surface area (Å²) in [5.74, 6) is 0. The summed E-state index contributed by atoms with van der Waals surface area (Å²) in [6.45, 7) is 4.87. The zero-order valence-corrected chi connectivity index (χ0v) is 11.5. The highest BCUT2D eigenvalue weighted by molar-refractivity contribution is 9.10. The van der Waals surface area contributed by atoms with Crippen molar-refractivity contribution in [2.75, 3.05) is 0 Å². The largest absolute Gasteiger partial charge is 0.319 e. The molecule has 0 spiro atoms. The average Bonchev–Trinajstić information content (AvgIpc) is 2.70. The van der Waals surface area contributed by atoms with Crippen molar-refractivity contribution in [2.24, 2.45) is 5.73 Å². The highest BCUT2D eigenvalue weighted by atomic mass is 79.9. The van der Waals surface area contributed by atoms with Crippen LogP contribution in [0.25, 0.3) is 0 Å². The molecule has 0 saturated heterocycles. The van der Waals surface area contributed by atoms with Crippen molar-refractivity contribution in [1.82, 2.24) is 14.8 Å². The summed E-state index contributed by atoms with van der Waals surface area (Å²) in [7, 11) is 0. The monoisotopic (exact) mass is 294 g/mol. The molecule has 0 fully saturated rings. The highest BCUT2D eigenvalue weighted by Crippen LogP contribution is 2.27. The van der Waals surface area contributed by atoms with Crippen LogP contribution in [0.4, 0.5) is 0 Å². The van der Waals surface area contributed by atoms with E-state index in [1.165, 1.54) is 0 Å². The molecule has 0 radical (unpaired) electrons. The molecule has 0 aliphatic carbocycles. The second kappa shape index (κ2) is 4.98. The summed E-state index contributed by atoms with van der Waals surface area (Å²) in [6, 6.07) is 1.77. The lowest BCUT2D eigenvalue weighted by Gasteiger charge is -2.16. The summed E-state index contributed by atoms with van der Waals surface area (Å²) in [5.41, 5.74) is 9.49. The van der Waals surface area contributed by atoms with Gasteiger partial charge < -0.3 is 5.73 Å². The molecule has 90 valence electrons. The highest BCUT2D eigenvalue weighted by Gasteiger charge is 2.18. The maximum Gasteiger partial charge on any atom is 0.0738 e. The van der Waals surface area contributed by atoms with Gasteiger partial charge in [0.05, 0.1) is 22.4 Å². The maximum atomic E-state index is 6.32. The minimum absolute atomic E-state index is 0.185. The minimum Gasteiger partial charge on any atom is -0.319 e. The Labute approximate surface area is 109 Å². The number of aromatic nitrogens is 3. The third-order valence-corrected chi connectivity index (χ3v) is 3.44. The summed E-state index contributed by atoms with van der Waals surface area (Å²) < 4.78 is 2.86. The van der Waals surface area contributed by atoms with Crippen molar-refractivity contribution < 1.29 is 0 Å². The topological polar surface area (TPSA) is 56.7 Å². The summed E-state index contributed by atoms with van der Waals surface area (Å²) >= 11 is 3.50. The number of aryl methyl sites for hydroxylation is 2. The van der Waals surface area contributed by atoms with Crippen LogP contribution in [0.1, 0.15) is 29.8 Å². The van der Waals surface area contributed by atoms with Gasteiger partial charge in [0.2, 0.25) is 0 Å². The van der Waals surface area contributed by atoms with Gasteiger partial charge in [0, 0.05) is 18.9 Å². The Balaban J connectivity index is 2.47. The van der Waals surface area contributed by atoms with E-state index >= 15 is 0 Å². The van der Waals surface area contributed by atoms with E-state index < -0.39 is 0 Å². The number of halogens is 1. The van der Waals surface area contributed by atoms with E-state index in [1.54, 1.807) is 12.4 Å². The van der Waals surface area contributed by atoms with Crippen molar-refractivity contribution in [2.45, 2.75) is 26.4 Å². The van der Waals surface area contributed by atoms with Gasteiger partial charge in [-0.05, 0) is 47.0 Å². The fourth-order valence-electron chi connectivity index (χ4n) is 1.91. The zero-order chi connectivity index (χ0) is 12.4. The van der Waals surface area contributed by atoms with E-state index in [4.69, 9.17) is 5.73 Å². The Morgan fingerprint density at radius 3 is 2.88 bits per heavy atom. The normalized spacial score (nSPS) is 12.7. The van der Waals surface area contributed by atoms with Gasteiger partial charge >= 0.3 is 0 Å². The Kier molecular flexibility index (Phi) is 3.59. The first-order valence-electron chi connectivity index (χ1n) is 5.52. The zero-order valence-electron chi connectivity index (χ0n) is 9.89. The van der Waals surface area contributed by atoms with E-state index in [1.807, 2.05) is 23.9 Å². The van der Waals surface area contributed by atoms with Crippen LogP contribution in [-0.2, 0) is 6.54 Å². The van der Waals surface area contributed by atoms with Crippen molar-refractivity contribution in [3.05, 3.63) is 46.0 Å². The van der Waals surface area contributed by atoms with Gasteiger partial charge in [-0.2, -0.15) is 5.10 Å². The first-order chi connectivity index (χ1) is 8.15. The molecule has 2 aromatic heterocycles. The molecule has 17 heavy (non-hydrogen) atoms. The molecule has 5 heteroatoms. The van der Waals surface area contributed by atoms with Crippen LogP contribution in [0.3, 0.4) is 0 Å². The summed E-state index contributed by atoms with van der Waals surface area (Å²) in [4.78, 5) is 4.08. The molecule has 2 rings (SSSR count). The Morgan fingerprint density at radius 1 is 1.47 bits per heavy atom. The number of hydrogen-bond donors (Lipinski definition) is 1. The van der Waals surface area contributed by atoms with Crippen molar-refractivity contribution in [1.29, 1.82) is 0 Å². The van der Waals surface area contributed by atoms with E-state index in [-0.39, 0.29) is 6.04 Å². The maximum absolute atomic E-state index is 6.32. The van der Waals surface area contributed by atoms with Gasteiger partial charge in [-0.25, -0.2) is 0 Å². The fraction of sp³-hybridized carbons (Fsp3) is 0.333. The third-order valence-electron chi connectivity index (χ3n) is 2.83. The number of nitrogens with zero attached hydrogens (tertiary/aromatic N) is 3. The van der Waals surface area contributed by atoms with Crippen LogP contribution in [0, 0.1) is 6.92 Å². The first kappa shape index (κ1) is 12.3. The molecule has 0 amide bonds. The van der Waals surface area contributed by atoms with Gasteiger partial charge in [-0.3, -0.25) is 9.67 Å². The van der Waals surface area contributed by atoms with Gasteiger partial charge in [-0.15, -0.1) is 0 Å². The van der Waals surface area contributed by atoms with Crippen molar-refractivity contribution in [3.63, 3.8) is 0 Å². The Bertz CT molecular complexity index is 521. The van der Waals surface area contributed by atoms with Crippen LogP contribution in [0.5, 0.6) is 0 Å². The lowest BCUT2D eigenvalue weighted by Crippen LogP contribution is -2.18. The van der Waals surface area contributed by atoms with E-state index in [9.17, 15) is 0 Å². The van der Waals surface area contributed by atoms with E-state index in [0.29, 0.717) is 0 Å². The molecule has 2 N–H and O–H groups in total. The van der Waals surface area contributed by atoms with Crippen molar-refractivity contribution in [3.8, 4) is 0 Å². The molecule has 4 nitrogen and oxygen atoms in total. The van der Waals surface area contributed by atoms with Crippen molar-refractivity contribution >= 4 is 15.9 Å². The number of pyridine rings is 1. The second-order valence-corrected chi connectivity index (χ2v) is 4.76. The first-order valence-corrected chi connectivity index (χ1v) is 6.31. The fourth-order valence-corrected chi connectivity index (χ4v) is 2.46. The standard InChI is InChI=1S/C12H15BrN4/c1-3-17-12(10(13)7-16-17)11(14)9-4-5-15-6-8(9)2/h4-7,11H,3,14H2,1-2H3. The quantitative estimate of drug-likeness (QED) is 0.946. The molecule has 2 aromatic rings. The predicted octanol–water partition coefficient (Wildman–Crippen LogP) is 2.42. The lowest BCUT2D eigenvalue weighted by molar-refractivity contribution is 0.598. The molecular formula is C12H15BrN4. The molecular weight excluding hydrogens is 280 g/mol. The Morgan fingerprint density at radius 2 is 2.24 bits per heavy atom. The molecule has 0 aliphatic rings. The molecule has 0 saturated carbocycles. The average molecular weight is 295 g/mol. The minimum atomic E-state index is -0.185. The lowest BCUT2D eigenvalue weighted by atomic mass is 10.0. The van der Waals surface area contributed by atoms with Crippen LogP contribution in [-0.4, -0.2) is 14.8 Å². The number of rotatable bonds is 3. The Hall–Kier alpha value is -1.20. The van der Waals surface area contributed by atoms with Gasteiger partial charge in [0.15, 0.2) is 0 Å². The van der Waals surface area contributed by atoms with Gasteiger partial charge in [-0.1, -0.05) is 0 Å². The molecule has 0 aliphatic heterocycles. The van der Waals surface area contributed by atoms with Crippen LogP contribution < -0.4 is 5.73 Å². The number of nitrogens with two attached hydrogens (primary N) is 1. The second-order valence-electron chi connectivity index (χ2n) is 3.90. The van der Waals surface area contributed by atoms with Gasteiger partial charge in [0.25, 0.3) is 0 Å². The molecule has 0 bridgehead atoms. The van der Waals surface area contributed by atoms with E-state index in [0.717, 1.165) is 27.8 Å². The smallest absolute Gasteiger partial charge is 0.0738 e. The third kappa shape index (κ3) is 2.25. The van der Waals surface area contributed by atoms with Crippen LogP contribution in [0.15, 0.2) is 29.1 Å². The van der Waals surface area contributed by atoms with E-state index in [2.05, 4.69) is 32.9 Å². The SMILES string of the molecule is CCn1ncc(Br)c1C(N)c1ccncc1C. The summed E-state index contributed by atoms with van der Waals surface area (Å²) in [6.07, 6.45) is 5.38. The molecule has 2 heterocycles. The number of hydrogen-bond acceptors (Lipinski definition) is 3. The predicted molar refractivity (Wildman–Crippen MR) is 70.6 cm³/mol.